The van der Waals surface area contributed by atoms with Crippen LogP contribution in [0.2, 0.25) is 0 Å². The summed E-state index contributed by atoms with van der Waals surface area (Å²) in [5.41, 5.74) is 0.153. The van der Waals surface area contributed by atoms with E-state index in [1.165, 1.54) is 0 Å². The van der Waals surface area contributed by atoms with Crippen molar-refractivity contribution in [2.24, 2.45) is 0 Å². The Morgan fingerprint density at radius 1 is 0.971 bits per heavy atom. The van der Waals surface area contributed by atoms with Crippen LogP contribution in [-0.2, 0) is 17.6 Å². The highest BCUT2D eigenvalue weighted by molar-refractivity contribution is 7.17. The highest BCUT2D eigenvalue weighted by Gasteiger charge is 2.34. The first-order chi connectivity index (χ1) is 16.2. The number of halogens is 5. The average Bonchev–Trinajstić information content (AvgIpc) is 3.19. The van der Waals surface area contributed by atoms with Crippen molar-refractivity contribution in [1.29, 1.82) is 0 Å². The molecule has 178 valence electrons. The van der Waals surface area contributed by atoms with E-state index >= 15 is 0 Å². The maximum atomic E-state index is 14.1. The molecule has 1 atom stereocenters. The summed E-state index contributed by atoms with van der Waals surface area (Å²) in [6.45, 7) is 1.64. The number of carbonyl (C=O) groups is 2. The number of rotatable bonds is 5. The van der Waals surface area contributed by atoms with E-state index in [-0.39, 0.29) is 23.1 Å². The zero-order valence-electron chi connectivity index (χ0n) is 17.8. The molecule has 1 unspecified atom stereocenters. The predicted molar refractivity (Wildman–Crippen MR) is 116 cm³/mol. The van der Waals surface area contributed by atoms with Crippen LogP contribution in [0.4, 0.5) is 27.0 Å². The van der Waals surface area contributed by atoms with E-state index in [1.54, 1.807) is 6.92 Å². The Kier molecular flexibility index (Phi) is 6.70. The van der Waals surface area contributed by atoms with Crippen molar-refractivity contribution < 1.29 is 36.3 Å². The average molecular weight is 495 g/mol. The molecule has 0 saturated carbocycles. The molecule has 0 radical (unpaired) electrons. The molecule has 1 aliphatic carbocycles. The smallest absolute Gasteiger partial charge is 0.341 e. The van der Waals surface area contributed by atoms with Gasteiger partial charge in [-0.25, -0.2) is 26.7 Å². The largest absolute Gasteiger partial charge is 0.462 e. The SMILES string of the molecule is CCOC(=O)c1c(NC(=O)c2c(F)c(F)c(F)c(F)c2F)sc2c1CCC(c1ccccc1)C2. The van der Waals surface area contributed by atoms with Gasteiger partial charge < -0.3 is 10.1 Å². The van der Waals surface area contributed by atoms with Crippen LogP contribution in [0.15, 0.2) is 30.3 Å². The number of benzene rings is 2. The topological polar surface area (TPSA) is 55.4 Å². The fourth-order valence-corrected chi connectivity index (χ4v) is 5.38. The van der Waals surface area contributed by atoms with Crippen molar-refractivity contribution in [3.05, 3.63) is 86.5 Å². The highest BCUT2D eigenvalue weighted by Crippen LogP contribution is 2.43. The van der Waals surface area contributed by atoms with E-state index in [0.29, 0.717) is 24.8 Å². The van der Waals surface area contributed by atoms with Crippen LogP contribution < -0.4 is 5.32 Å². The van der Waals surface area contributed by atoms with E-state index < -0.39 is 46.5 Å². The molecule has 0 spiro atoms. The summed E-state index contributed by atoms with van der Waals surface area (Å²) in [6.07, 6.45) is 1.75. The summed E-state index contributed by atoms with van der Waals surface area (Å²) in [7, 11) is 0. The number of hydrogen-bond acceptors (Lipinski definition) is 4. The Balaban J connectivity index is 1.72. The zero-order chi connectivity index (χ0) is 24.6. The first-order valence-corrected chi connectivity index (χ1v) is 11.3. The van der Waals surface area contributed by atoms with Crippen molar-refractivity contribution in [1.82, 2.24) is 0 Å². The first kappa shape index (κ1) is 23.9. The van der Waals surface area contributed by atoms with Crippen LogP contribution in [0, 0.1) is 29.1 Å². The molecular formula is C24H18F5NO3S. The third kappa shape index (κ3) is 4.18. The van der Waals surface area contributed by atoms with Gasteiger partial charge in [0.2, 0.25) is 5.82 Å². The summed E-state index contributed by atoms with van der Waals surface area (Å²) < 4.78 is 73.9. The van der Waals surface area contributed by atoms with Crippen LogP contribution in [0.25, 0.3) is 0 Å². The number of anilines is 1. The van der Waals surface area contributed by atoms with Crippen LogP contribution in [0.5, 0.6) is 0 Å². The molecule has 10 heteroatoms. The van der Waals surface area contributed by atoms with E-state index in [0.717, 1.165) is 21.8 Å². The maximum absolute atomic E-state index is 14.1. The lowest BCUT2D eigenvalue weighted by atomic mass is 9.83. The van der Waals surface area contributed by atoms with E-state index in [2.05, 4.69) is 5.32 Å². The summed E-state index contributed by atoms with van der Waals surface area (Å²) >= 11 is 1.02. The number of thiophene rings is 1. The van der Waals surface area contributed by atoms with Crippen molar-refractivity contribution in [3.8, 4) is 0 Å². The first-order valence-electron chi connectivity index (χ1n) is 10.4. The second-order valence-electron chi connectivity index (χ2n) is 7.68. The molecule has 0 aliphatic heterocycles. The highest BCUT2D eigenvalue weighted by atomic mass is 32.1. The van der Waals surface area contributed by atoms with Gasteiger partial charge in [0.05, 0.1) is 12.2 Å². The lowest BCUT2D eigenvalue weighted by molar-refractivity contribution is 0.0526. The van der Waals surface area contributed by atoms with Gasteiger partial charge in [-0.1, -0.05) is 30.3 Å². The van der Waals surface area contributed by atoms with Gasteiger partial charge in [0, 0.05) is 4.88 Å². The Morgan fingerprint density at radius 3 is 2.21 bits per heavy atom. The number of ether oxygens (including phenoxy) is 1. The summed E-state index contributed by atoms with van der Waals surface area (Å²) in [4.78, 5) is 26.1. The molecule has 0 saturated heterocycles. The summed E-state index contributed by atoms with van der Waals surface area (Å²) in [6, 6.07) is 9.70. The third-order valence-electron chi connectivity index (χ3n) is 5.68. The van der Waals surface area contributed by atoms with Gasteiger partial charge in [0.15, 0.2) is 23.3 Å². The molecule has 1 amide bonds. The van der Waals surface area contributed by atoms with Gasteiger partial charge in [-0.2, -0.15) is 0 Å². The third-order valence-corrected chi connectivity index (χ3v) is 6.85. The second kappa shape index (κ2) is 9.54. The predicted octanol–water partition coefficient (Wildman–Crippen LogP) is 6.15. The normalized spacial score (nSPS) is 15.1. The Bertz CT molecular complexity index is 1250. The minimum Gasteiger partial charge on any atom is -0.462 e. The molecule has 0 fully saturated rings. The molecule has 1 aliphatic rings. The minimum absolute atomic E-state index is 0.0329. The fourth-order valence-electron chi connectivity index (χ4n) is 4.07. The van der Waals surface area contributed by atoms with E-state index in [9.17, 15) is 31.5 Å². The molecule has 2 aromatic carbocycles. The van der Waals surface area contributed by atoms with Crippen molar-refractivity contribution >= 4 is 28.2 Å². The van der Waals surface area contributed by atoms with Gasteiger partial charge >= 0.3 is 5.97 Å². The monoisotopic (exact) mass is 495 g/mol. The Morgan fingerprint density at radius 2 is 1.59 bits per heavy atom. The Hall–Kier alpha value is -3.27. The number of fused-ring (bicyclic) bond motifs is 1. The van der Waals surface area contributed by atoms with E-state index in [1.807, 2.05) is 30.3 Å². The molecule has 3 aromatic rings. The number of amides is 1. The summed E-state index contributed by atoms with van der Waals surface area (Å²) in [5, 5.41) is 2.11. The number of esters is 1. The number of nitrogens with one attached hydrogen (secondary N) is 1. The van der Waals surface area contributed by atoms with Crippen LogP contribution in [0.3, 0.4) is 0 Å². The molecule has 4 nitrogen and oxygen atoms in total. The number of hydrogen-bond donors (Lipinski definition) is 1. The van der Waals surface area contributed by atoms with Crippen molar-refractivity contribution in [3.63, 3.8) is 0 Å². The molecule has 4 rings (SSSR count). The van der Waals surface area contributed by atoms with Crippen molar-refractivity contribution in [2.45, 2.75) is 32.1 Å². The van der Waals surface area contributed by atoms with Gasteiger partial charge in [0.25, 0.3) is 5.91 Å². The molecule has 34 heavy (non-hydrogen) atoms. The molecule has 1 heterocycles. The Labute approximate surface area is 195 Å². The molecule has 1 aromatic heterocycles. The van der Waals surface area contributed by atoms with Crippen LogP contribution >= 0.6 is 11.3 Å². The van der Waals surface area contributed by atoms with Crippen LogP contribution in [0.1, 0.15) is 56.0 Å². The molecule has 1 N–H and O–H groups in total. The quantitative estimate of drug-likeness (QED) is 0.200. The van der Waals surface area contributed by atoms with E-state index in [4.69, 9.17) is 4.74 Å². The van der Waals surface area contributed by atoms with Crippen molar-refractivity contribution in [2.75, 3.05) is 11.9 Å². The standard InChI is InChI=1S/C24H18F5NO3S/c1-2-33-24(32)15-13-9-8-12(11-6-4-3-5-7-11)10-14(13)34-23(15)30-22(31)16-17(25)19(27)21(29)20(28)18(16)26/h3-7,12H,2,8-10H2,1H3,(H,30,31). The van der Waals surface area contributed by atoms with Gasteiger partial charge in [-0.05, 0) is 43.2 Å². The summed E-state index contributed by atoms with van der Waals surface area (Å²) in [5.74, 6) is -13.5. The lowest BCUT2D eigenvalue weighted by Gasteiger charge is -2.23. The molecule has 0 bridgehead atoms. The minimum atomic E-state index is -2.36. The van der Waals surface area contributed by atoms with Gasteiger partial charge in [-0.3, -0.25) is 4.79 Å². The maximum Gasteiger partial charge on any atom is 0.341 e. The zero-order valence-corrected chi connectivity index (χ0v) is 18.6. The fraction of sp³-hybridized carbons (Fsp3) is 0.250. The van der Waals surface area contributed by atoms with Gasteiger partial charge in [-0.15, -0.1) is 11.3 Å². The van der Waals surface area contributed by atoms with Gasteiger partial charge in [0.1, 0.15) is 10.6 Å². The molecular weight excluding hydrogens is 477 g/mol. The van der Waals surface area contributed by atoms with Crippen LogP contribution in [-0.4, -0.2) is 18.5 Å². The lowest BCUT2D eigenvalue weighted by Crippen LogP contribution is -2.20. The number of carbonyl (C=O) groups excluding carboxylic acids is 2. The second-order valence-corrected chi connectivity index (χ2v) is 8.78.